The van der Waals surface area contributed by atoms with Crippen LogP contribution < -0.4 is 5.32 Å². The van der Waals surface area contributed by atoms with Gasteiger partial charge in [0.25, 0.3) is 0 Å². The van der Waals surface area contributed by atoms with E-state index in [4.69, 9.17) is 0 Å². The predicted octanol–water partition coefficient (Wildman–Crippen LogP) is 1.57. The Balaban J connectivity index is 2.40. The van der Waals surface area contributed by atoms with Gasteiger partial charge in [-0.25, -0.2) is 0 Å². The number of aliphatic hydroxyl groups excluding tert-OH is 1. The molecule has 0 saturated heterocycles. The van der Waals surface area contributed by atoms with Crippen LogP contribution >= 0.6 is 0 Å². The molecule has 0 aliphatic rings. The van der Waals surface area contributed by atoms with E-state index in [0.29, 0.717) is 13.1 Å². The van der Waals surface area contributed by atoms with Gasteiger partial charge in [-0.1, -0.05) is 19.9 Å². The van der Waals surface area contributed by atoms with E-state index in [1.54, 1.807) is 0 Å². The first-order valence-electron chi connectivity index (χ1n) is 7.19. The Kier molecular flexibility index (Phi) is 7.63. The molecule has 0 spiro atoms. The van der Waals surface area contributed by atoms with E-state index in [9.17, 15) is 5.11 Å². The summed E-state index contributed by atoms with van der Waals surface area (Å²) in [6.45, 7) is 10.3. The van der Waals surface area contributed by atoms with Crippen molar-refractivity contribution < 1.29 is 5.11 Å². The van der Waals surface area contributed by atoms with Gasteiger partial charge in [0.2, 0.25) is 0 Å². The van der Waals surface area contributed by atoms with E-state index >= 15 is 0 Å². The van der Waals surface area contributed by atoms with Crippen molar-refractivity contribution in [3.05, 3.63) is 29.6 Å². The lowest BCUT2D eigenvalue weighted by Gasteiger charge is -2.23. The molecule has 0 aromatic carbocycles. The van der Waals surface area contributed by atoms with Gasteiger partial charge in [0.15, 0.2) is 0 Å². The molecular weight excluding hydrogens is 238 g/mol. The van der Waals surface area contributed by atoms with Gasteiger partial charge in [0, 0.05) is 25.3 Å². The first kappa shape index (κ1) is 16.1. The Labute approximate surface area is 116 Å². The van der Waals surface area contributed by atoms with Crippen molar-refractivity contribution in [2.24, 2.45) is 0 Å². The van der Waals surface area contributed by atoms with E-state index < -0.39 is 0 Å². The fourth-order valence-corrected chi connectivity index (χ4v) is 2.03. The Morgan fingerprint density at radius 1 is 1.37 bits per heavy atom. The summed E-state index contributed by atoms with van der Waals surface area (Å²) in [6, 6.07) is 6.07. The van der Waals surface area contributed by atoms with Crippen molar-refractivity contribution in [3.63, 3.8) is 0 Å². The van der Waals surface area contributed by atoms with Gasteiger partial charge in [-0.3, -0.25) is 9.88 Å². The third kappa shape index (κ3) is 6.66. The number of aryl methyl sites for hydroxylation is 1. The lowest BCUT2D eigenvalue weighted by atomic mass is 10.2. The maximum atomic E-state index is 9.99. The van der Waals surface area contributed by atoms with Gasteiger partial charge in [0.1, 0.15) is 0 Å². The van der Waals surface area contributed by atoms with E-state index in [1.165, 1.54) is 0 Å². The highest BCUT2D eigenvalue weighted by Crippen LogP contribution is 2.04. The highest BCUT2D eigenvalue weighted by molar-refractivity contribution is 5.09. The SMILES string of the molecule is CCCNCC(O)CN(CC)Cc1cccc(C)n1. The molecule has 0 amide bonds. The van der Waals surface area contributed by atoms with Crippen LogP contribution in [0.1, 0.15) is 31.7 Å². The Bertz CT molecular complexity index is 357. The number of likely N-dealkylation sites (N-methyl/N-ethyl adjacent to an activating group) is 1. The monoisotopic (exact) mass is 265 g/mol. The molecule has 1 atom stereocenters. The fourth-order valence-electron chi connectivity index (χ4n) is 2.03. The van der Waals surface area contributed by atoms with Gasteiger partial charge in [-0.2, -0.15) is 0 Å². The van der Waals surface area contributed by atoms with Crippen LogP contribution in [0.2, 0.25) is 0 Å². The number of pyridine rings is 1. The molecule has 1 unspecified atom stereocenters. The van der Waals surface area contributed by atoms with Crippen molar-refractivity contribution in [2.45, 2.75) is 39.8 Å². The van der Waals surface area contributed by atoms with E-state index in [1.807, 2.05) is 25.1 Å². The maximum Gasteiger partial charge on any atom is 0.0791 e. The summed E-state index contributed by atoms with van der Waals surface area (Å²) < 4.78 is 0. The van der Waals surface area contributed by atoms with Crippen molar-refractivity contribution >= 4 is 0 Å². The summed E-state index contributed by atoms with van der Waals surface area (Å²) in [7, 11) is 0. The zero-order valence-electron chi connectivity index (χ0n) is 12.4. The van der Waals surface area contributed by atoms with Gasteiger partial charge >= 0.3 is 0 Å². The van der Waals surface area contributed by atoms with Crippen LogP contribution in [0.25, 0.3) is 0 Å². The molecule has 4 nitrogen and oxygen atoms in total. The minimum absolute atomic E-state index is 0.323. The maximum absolute atomic E-state index is 9.99. The average Bonchev–Trinajstić information content (AvgIpc) is 2.38. The van der Waals surface area contributed by atoms with Crippen LogP contribution in [0, 0.1) is 6.92 Å². The summed E-state index contributed by atoms with van der Waals surface area (Å²) in [4.78, 5) is 6.73. The molecular formula is C15H27N3O. The molecule has 19 heavy (non-hydrogen) atoms. The molecule has 0 saturated carbocycles. The molecule has 4 heteroatoms. The number of hydrogen-bond donors (Lipinski definition) is 2. The summed E-state index contributed by atoms with van der Waals surface area (Å²) >= 11 is 0. The fraction of sp³-hybridized carbons (Fsp3) is 0.667. The zero-order chi connectivity index (χ0) is 14.1. The molecule has 0 aliphatic carbocycles. The number of rotatable bonds is 9. The predicted molar refractivity (Wildman–Crippen MR) is 79.1 cm³/mol. The normalized spacial score (nSPS) is 12.9. The van der Waals surface area contributed by atoms with Crippen LogP contribution in [0.15, 0.2) is 18.2 Å². The van der Waals surface area contributed by atoms with Gasteiger partial charge in [0.05, 0.1) is 11.8 Å². The second kappa shape index (κ2) is 9.02. The number of hydrogen-bond acceptors (Lipinski definition) is 4. The number of aromatic nitrogens is 1. The first-order valence-corrected chi connectivity index (χ1v) is 7.19. The topological polar surface area (TPSA) is 48.4 Å². The Morgan fingerprint density at radius 3 is 2.79 bits per heavy atom. The smallest absolute Gasteiger partial charge is 0.0791 e. The summed E-state index contributed by atoms with van der Waals surface area (Å²) in [5.41, 5.74) is 2.11. The Morgan fingerprint density at radius 2 is 2.16 bits per heavy atom. The number of nitrogens with one attached hydrogen (secondary N) is 1. The van der Waals surface area contributed by atoms with Crippen molar-refractivity contribution in [1.29, 1.82) is 0 Å². The molecule has 1 rings (SSSR count). The van der Waals surface area contributed by atoms with Crippen molar-refractivity contribution in [3.8, 4) is 0 Å². The highest BCUT2D eigenvalue weighted by Gasteiger charge is 2.11. The van der Waals surface area contributed by atoms with E-state index in [2.05, 4.69) is 29.0 Å². The quantitative estimate of drug-likeness (QED) is 0.666. The molecule has 0 radical (unpaired) electrons. The van der Waals surface area contributed by atoms with Gasteiger partial charge < -0.3 is 10.4 Å². The van der Waals surface area contributed by atoms with Crippen LogP contribution in [-0.4, -0.2) is 47.3 Å². The molecule has 108 valence electrons. The Hall–Kier alpha value is -0.970. The summed E-state index contributed by atoms with van der Waals surface area (Å²) in [6.07, 6.45) is 0.772. The molecule has 1 aromatic heterocycles. The van der Waals surface area contributed by atoms with Crippen LogP contribution in [0.3, 0.4) is 0 Å². The number of aliphatic hydroxyl groups is 1. The summed E-state index contributed by atoms with van der Waals surface area (Å²) in [5, 5.41) is 13.2. The van der Waals surface area contributed by atoms with E-state index in [-0.39, 0.29) is 6.10 Å². The van der Waals surface area contributed by atoms with Gasteiger partial charge in [-0.05, 0) is 38.6 Å². The van der Waals surface area contributed by atoms with Crippen LogP contribution in [-0.2, 0) is 6.54 Å². The largest absolute Gasteiger partial charge is 0.390 e. The second-order valence-electron chi connectivity index (χ2n) is 4.96. The minimum atomic E-state index is -0.323. The third-order valence-corrected chi connectivity index (χ3v) is 3.05. The minimum Gasteiger partial charge on any atom is -0.390 e. The van der Waals surface area contributed by atoms with Crippen molar-refractivity contribution in [2.75, 3.05) is 26.2 Å². The van der Waals surface area contributed by atoms with E-state index in [0.717, 1.165) is 37.4 Å². The third-order valence-electron chi connectivity index (χ3n) is 3.05. The lowest BCUT2D eigenvalue weighted by molar-refractivity contribution is 0.110. The molecule has 1 heterocycles. The molecule has 0 fully saturated rings. The zero-order valence-corrected chi connectivity index (χ0v) is 12.4. The second-order valence-corrected chi connectivity index (χ2v) is 4.96. The van der Waals surface area contributed by atoms with Crippen LogP contribution in [0.4, 0.5) is 0 Å². The molecule has 1 aromatic rings. The van der Waals surface area contributed by atoms with Crippen molar-refractivity contribution in [1.82, 2.24) is 15.2 Å². The molecule has 2 N–H and O–H groups in total. The lowest BCUT2D eigenvalue weighted by Crippen LogP contribution is -2.38. The average molecular weight is 265 g/mol. The molecule has 0 aliphatic heterocycles. The molecule has 0 bridgehead atoms. The summed E-state index contributed by atoms with van der Waals surface area (Å²) in [5.74, 6) is 0. The standard InChI is InChI=1S/C15H27N3O/c1-4-9-16-10-15(19)12-18(5-2)11-14-8-6-7-13(3)17-14/h6-8,15-16,19H,4-5,9-12H2,1-3H3. The van der Waals surface area contributed by atoms with Crippen LogP contribution in [0.5, 0.6) is 0 Å². The van der Waals surface area contributed by atoms with Gasteiger partial charge in [-0.15, -0.1) is 0 Å². The first-order chi connectivity index (χ1) is 9.15. The highest BCUT2D eigenvalue weighted by atomic mass is 16.3. The number of nitrogens with zero attached hydrogens (tertiary/aromatic N) is 2.